The Morgan fingerprint density at radius 1 is 1.21 bits per heavy atom. The Balaban J connectivity index is 0.00000392. The molecule has 0 bridgehead atoms. The molecule has 0 saturated carbocycles. The Labute approximate surface area is 186 Å². The molecule has 1 aromatic heterocycles. The van der Waals surface area contributed by atoms with E-state index in [1.807, 2.05) is 13.0 Å². The van der Waals surface area contributed by atoms with Gasteiger partial charge in [0.2, 0.25) is 0 Å². The van der Waals surface area contributed by atoms with Crippen LogP contribution in [0.25, 0.3) is 0 Å². The van der Waals surface area contributed by atoms with E-state index in [2.05, 4.69) is 66.3 Å². The Morgan fingerprint density at radius 3 is 2.57 bits per heavy atom. The molecule has 0 fully saturated rings. The Hall–Kier alpha value is -1.77. The fourth-order valence-corrected chi connectivity index (χ4v) is 2.98. The van der Waals surface area contributed by atoms with Crippen LogP contribution in [0, 0.1) is 26.7 Å². The molecule has 7 heteroatoms. The summed E-state index contributed by atoms with van der Waals surface area (Å²) in [6.45, 7) is 13.6. The molecule has 6 nitrogen and oxygen atoms in total. The smallest absolute Gasteiger partial charge is 0.191 e. The van der Waals surface area contributed by atoms with Crippen molar-refractivity contribution in [2.45, 2.75) is 47.7 Å². The van der Waals surface area contributed by atoms with Gasteiger partial charge in [-0.1, -0.05) is 19.1 Å². The molecule has 2 aromatic rings. The average molecular weight is 499 g/mol. The third-order valence-corrected chi connectivity index (χ3v) is 4.40. The van der Waals surface area contributed by atoms with E-state index < -0.39 is 0 Å². The minimum Gasteiger partial charge on any atom is -0.496 e. The number of halogens is 1. The summed E-state index contributed by atoms with van der Waals surface area (Å²) in [5.41, 5.74) is 4.53. The topological polar surface area (TPSA) is 63.5 Å². The molecule has 1 aromatic carbocycles. The highest BCUT2D eigenvalue weighted by molar-refractivity contribution is 14.0. The Bertz CT molecular complexity index is 772. The maximum absolute atomic E-state index is 5.48. The molecule has 1 unspecified atom stereocenters. The normalized spacial score (nSPS) is 12.3. The third kappa shape index (κ3) is 7.33. The zero-order chi connectivity index (χ0) is 19.8. The van der Waals surface area contributed by atoms with Gasteiger partial charge in [0.25, 0.3) is 0 Å². The van der Waals surface area contributed by atoms with Gasteiger partial charge in [0.15, 0.2) is 5.96 Å². The molecule has 0 spiro atoms. The molecule has 1 atom stereocenters. The van der Waals surface area contributed by atoms with Gasteiger partial charge < -0.3 is 15.4 Å². The van der Waals surface area contributed by atoms with Crippen molar-refractivity contribution >= 4 is 29.9 Å². The van der Waals surface area contributed by atoms with Gasteiger partial charge >= 0.3 is 0 Å². The third-order valence-electron chi connectivity index (χ3n) is 4.40. The Kier molecular flexibility index (Phi) is 10.3. The molecule has 1 heterocycles. The number of hydrogen-bond donors (Lipinski definition) is 2. The minimum absolute atomic E-state index is 0. The van der Waals surface area contributed by atoms with Crippen molar-refractivity contribution < 1.29 is 4.74 Å². The second-order valence-corrected chi connectivity index (χ2v) is 7.11. The predicted molar refractivity (Wildman–Crippen MR) is 127 cm³/mol. The van der Waals surface area contributed by atoms with Crippen molar-refractivity contribution in [3.63, 3.8) is 0 Å². The molecule has 0 aliphatic carbocycles. The maximum Gasteiger partial charge on any atom is 0.191 e. The molecule has 0 aliphatic rings. The number of aliphatic imine (C=N–C) groups is 1. The fourth-order valence-electron chi connectivity index (χ4n) is 2.98. The van der Waals surface area contributed by atoms with Crippen molar-refractivity contribution in [3.05, 3.63) is 46.8 Å². The van der Waals surface area contributed by atoms with E-state index in [1.165, 1.54) is 11.3 Å². The number of aryl methyl sites for hydroxylation is 3. The largest absolute Gasteiger partial charge is 0.496 e. The van der Waals surface area contributed by atoms with E-state index in [0.29, 0.717) is 12.5 Å². The predicted octanol–water partition coefficient (Wildman–Crippen LogP) is 3.83. The molecule has 2 rings (SSSR count). The zero-order valence-electron chi connectivity index (χ0n) is 17.9. The summed E-state index contributed by atoms with van der Waals surface area (Å²) < 4.78 is 7.55. The van der Waals surface area contributed by atoms with Gasteiger partial charge in [0.1, 0.15) is 5.75 Å². The molecular formula is C21H34IN5O. The lowest BCUT2D eigenvalue weighted by Crippen LogP contribution is -2.40. The van der Waals surface area contributed by atoms with Crippen molar-refractivity contribution in [1.82, 2.24) is 20.4 Å². The molecule has 28 heavy (non-hydrogen) atoms. The van der Waals surface area contributed by atoms with Crippen LogP contribution in [0.15, 0.2) is 29.3 Å². The highest BCUT2D eigenvalue weighted by atomic mass is 127. The van der Waals surface area contributed by atoms with Gasteiger partial charge in [-0.2, -0.15) is 5.10 Å². The number of rotatable bonds is 8. The van der Waals surface area contributed by atoms with Crippen LogP contribution < -0.4 is 15.4 Å². The molecule has 0 saturated heterocycles. The highest BCUT2D eigenvalue weighted by Crippen LogP contribution is 2.20. The number of benzene rings is 1. The number of nitrogens with one attached hydrogen (secondary N) is 2. The lowest BCUT2D eigenvalue weighted by molar-refractivity contribution is 0.409. The molecule has 0 aliphatic heterocycles. The van der Waals surface area contributed by atoms with Gasteiger partial charge in [0.05, 0.1) is 19.3 Å². The second-order valence-electron chi connectivity index (χ2n) is 7.11. The fraction of sp³-hybridized carbons (Fsp3) is 0.524. The molecule has 0 radical (unpaired) electrons. The summed E-state index contributed by atoms with van der Waals surface area (Å²) in [6.07, 6.45) is 0. The van der Waals surface area contributed by atoms with Crippen LogP contribution >= 0.6 is 24.0 Å². The van der Waals surface area contributed by atoms with E-state index in [9.17, 15) is 0 Å². The quantitative estimate of drug-likeness (QED) is 0.329. The number of ether oxygens (including phenoxy) is 1. The second kappa shape index (κ2) is 11.9. The molecule has 2 N–H and O–H groups in total. The lowest BCUT2D eigenvalue weighted by atomic mass is 10.1. The van der Waals surface area contributed by atoms with Crippen LogP contribution in [0.4, 0.5) is 0 Å². The number of hydrogen-bond acceptors (Lipinski definition) is 3. The maximum atomic E-state index is 5.48. The van der Waals surface area contributed by atoms with Gasteiger partial charge in [-0.05, 0) is 51.3 Å². The summed E-state index contributed by atoms with van der Waals surface area (Å²) in [4.78, 5) is 4.71. The van der Waals surface area contributed by atoms with Crippen molar-refractivity contribution in [1.29, 1.82) is 0 Å². The van der Waals surface area contributed by atoms with Crippen LogP contribution in [0.5, 0.6) is 5.75 Å². The molecule has 156 valence electrons. The summed E-state index contributed by atoms with van der Waals surface area (Å²) in [7, 11) is 1.70. The van der Waals surface area contributed by atoms with Crippen molar-refractivity contribution in [3.8, 4) is 5.75 Å². The number of methoxy groups -OCH3 is 1. The first-order valence-corrected chi connectivity index (χ1v) is 9.59. The van der Waals surface area contributed by atoms with E-state index in [1.54, 1.807) is 7.11 Å². The lowest BCUT2D eigenvalue weighted by Gasteiger charge is -2.17. The van der Waals surface area contributed by atoms with Crippen LogP contribution in [-0.2, 0) is 13.1 Å². The van der Waals surface area contributed by atoms with Gasteiger partial charge in [-0.3, -0.25) is 4.68 Å². The van der Waals surface area contributed by atoms with Crippen molar-refractivity contribution in [2.75, 3.05) is 20.2 Å². The minimum atomic E-state index is 0. The van der Waals surface area contributed by atoms with E-state index in [4.69, 9.17) is 9.73 Å². The van der Waals surface area contributed by atoms with Gasteiger partial charge in [0, 0.05) is 30.9 Å². The first-order valence-electron chi connectivity index (χ1n) is 9.59. The zero-order valence-corrected chi connectivity index (χ0v) is 20.2. The molecular weight excluding hydrogens is 465 g/mol. The summed E-state index contributed by atoms with van der Waals surface area (Å²) in [5, 5.41) is 11.3. The summed E-state index contributed by atoms with van der Waals surface area (Å²) in [5.74, 6) is 2.13. The standard InChI is InChI=1S/C21H33N5O.HI/c1-7-22-21(24-13-19-9-8-15(2)10-20(19)27-6)23-12-16(3)14-26-18(5)11-17(4)25-26;/h8-11,16H,7,12-14H2,1-6H3,(H2,22,23,24);1H. The average Bonchev–Trinajstić information content (AvgIpc) is 2.95. The number of guanidine groups is 1. The number of nitrogens with zero attached hydrogens (tertiary/aromatic N) is 3. The van der Waals surface area contributed by atoms with Gasteiger partial charge in [-0.15, -0.1) is 24.0 Å². The summed E-state index contributed by atoms with van der Waals surface area (Å²) in [6, 6.07) is 8.32. The summed E-state index contributed by atoms with van der Waals surface area (Å²) >= 11 is 0. The Morgan fingerprint density at radius 2 is 1.96 bits per heavy atom. The van der Waals surface area contributed by atoms with Gasteiger partial charge in [-0.25, -0.2) is 4.99 Å². The monoisotopic (exact) mass is 499 g/mol. The van der Waals surface area contributed by atoms with Crippen LogP contribution in [0.3, 0.4) is 0 Å². The van der Waals surface area contributed by atoms with Crippen molar-refractivity contribution in [2.24, 2.45) is 10.9 Å². The highest BCUT2D eigenvalue weighted by Gasteiger charge is 2.09. The van der Waals surface area contributed by atoms with Crippen LogP contribution in [-0.4, -0.2) is 35.9 Å². The molecule has 0 amide bonds. The first-order chi connectivity index (χ1) is 12.9. The van der Waals surface area contributed by atoms with E-state index in [-0.39, 0.29) is 24.0 Å². The van der Waals surface area contributed by atoms with Crippen LogP contribution in [0.1, 0.15) is 36.4 Å². The number of aromatic nitrogens is 2. The first kappa shape index (κ1) is 24.3. The van der Waals surface area contributed by atoms with E-state index in [0.717, 1.165) is 42.6 Å². The van der Waals surface area contributed by atoms with E-state index >= 15 is 0 Å². The van der Waals surface area contributed by atoms with Crippen LogP contribution in [0.2, 0.25) is 0 Å². The SMILES string of the molecule is CCNC(=NCc1ccc(C)cc1OC)NCC(C)Cn1nc(C)cc1C.I.